The normalized spacial score (nSPS) is 11.1. The van der Waals surface area contributed by atoms with Crippen LogP contribution in [0.4, 0.5) is 4.79 Å². The number of hydrogen-bond donors (Lipinski definition) is 2. The minimum Gasteiger partial charge on any atom is -0.463 e. The van der Waals surface area contributed by atoms with Crippen molar-refractivity contribution in [2.24, 2.45) is 0 Å². The number of benzene rings is 1. The van der Waals surface area contributed by atoms with Crippen LogP contribution in [0.25, 0.3) is 10.9 Å². The SMILES string of the molecule is CC(C)OC(=O)Cc1[nH]c2ccccc2c1CCNC(=O)OC(C)C. The molecule has 0 fully saturated rings. The lowest BCUT2D eigenvalue weighted by atomic mass is 10.1. The summed E-state index contributed by atoms with van der Waals surface area (Å²) in [7, 11) is 0. The number of nitrogens with one attached hydrogen (secondary N) is 2. The number of carbonyl (C=O) groups excluding carboxylic acids is 2. The fourth-order valence-electron chi connectivity index (χ4n) is 2.69. The van der Waals surface area contributed by atoms with Crippen molar-refractivity contribution >= 4 is 23.0 Å². The van der Waals surface area contributed by atoms with E-state index in [-0.39, 0.29) is 24.6 Å². The molecule has 0 spiro atoms. The summed E-state index contributed by atoms with van der Waals surface area (Å²) >= 11 is 0. The zero-order valence-corrected chi connectivity index (χ0v) is 15.2. The zero-order valence-electron chi connectivity index (χ0n) is 15.2. The highest BCUT2D eigenvalue weighted by atomic mass is 16.6. The molecular formula is C19H26N2O4. The van der Waals surface area contributed by atoms with Gasteiger partial charge in [0.15, 0.2) is 0 Å². The van der Waals surface area contributed by atoms with Gasteiger partial charge in [-0.2, -0.15) is 0 Å². The fourth-order valence-corrected chi connectivity index (χ4v) is 2.69. The van der Waals surface area contributed by atoms with Crippen molar-refractivity contribution in [1.29, 1.82) is 0 Å². The van der Waals surface area contributed by atoms with Crippen LogP contribution in [0, 0.1) is 0 Å². The molecule has 0 atom stereocenters. The van der Waals surface area contributed by atoms with E-state index in [1.807, 2.05) is 38.1 Å². The van der Waals surface area contributed by atoms with E-state index in [4.69, 9.17) is 9.47 Å². The third kappa shape index (κ3) is 5.52. The van der Waals surface area contributed by atoms with Gasteiger partial charge < -0.3 is 19.8 Å². The van der Waals surface area contributed by atoms with E-state index in [2.05, 4.69) is 10.3 Å². The van der Waals surface area contributed by atoms with Crippen LogP contribution < -0.4 is 5.32 Å². The Hall–Kier alpha value is -2.50. The van der Waals surface area contributed by atoms with Gasteiger partial charge in [0.1, 0.15) is 0 Å². The van der Waals surface area contributed by atoms with Crippen LogP contribution in [0.2, 0.25) is 0 Å². The molecule has 1 amide bonds. The molecule has 136 valence electrons. The van der Waals surface area contributed by atoms with E-state index in [9.17, 15) is 9.59 Å². The highest BCUT2D eigenvalue weighted by Crippen LogP contribution is 2.23. The van der Waals surface area contributed by atoms with Crippen molar-refractivity contribution in [2.75, 3.05) is 6.54 Å². The van der Waals surface area contributed by atoms with Crippen LogP contribution in [0.3, 0.4) is 0 Å². The predicted octanol–water partition coefficient (Wildman–Crippen LogP) is 3.34. The number of carbonyl (C=O) groups is 2. The second-order valence-corrected chi connectivity index (χ2v) is 6.47. The molecule has 0 bridgehead atoms. The van der Waals surface area contributed by atoms with E-state index in [1.165, 1.54) is 0 Å². The summed E-state index contributed by atoms with van der Waals surface area (Å²) in [5.41, 5.74) is 2.81. The van der Waals surface area contributed by atoms with Crippen molar-refractivity contribution in [3.05, 3.63) is 35.5 Å². The highest BCUT2D eigenvalue weighted by Gasteiger charge is 2.16. The number of rotatable bonds is 7. The van der Waals surface area contributed by atoms with Gasteiger partial charge in [-0.15, -0.1) is 0 Å². The smallest absolute Gasteiger partial charge is 0.407 e. The first kappa shape index (κ1) is 18.8. The number of ether oxygens (including phenoxy) is 2. The van der Waals surface area contributed by atoms with E-state index >= 15 is 0 Å². The molecular weight excluding hydrogens is 320 g/mol. The average Bonchev–Trinajstić information content (AvgIpc) is 2.83. The van der Waals surface area contributed by atoms with Gasteiger partial charge in [0, 0.05) is 23.1 Å². The molecule has 2 rings (SSSR count). The maximum atomic E-state index is 12.0. The Morgan fingerprint density at radius 2 is 1.76 bits per heavy atom. The highest BCUT2D eigenvalue weighted by molar-refractivity contribution is 5.86. The maximum absolute atomic E-state index is 12.0. The fraction of sp³-hybridized carbons (Fsp3) is 0.474. The van der Waals surface area contributed by atoms with Gasteiger partial charge in [-0.1, -0.05) is 18.2 Å². The van der Waals surface area contributed by atoms with Gasteiger partial charge in [0.25, 0.3) is 0 Å². The zero-order chi connectivity index (χ0) is 18.4. The first-order valence-corrected chi connectivity index (χ1v) is 8.59. The Labute approximate surface area is 147 Å². The summed E-state index contributed by atoms with van der Waals surface area (Å²) in [6.45, 7) is 7.69. The number of amides is 1. The van der Waals surface area contributed by atoms with Crippen LogP contribution in [-0.2, 0) is 27.1 Å². The van der Waals surface area contributed by atoms with Gasteiger partial charge in [0.05, 0.1) is 18.6 Å². The molecule has 1 aromatic carbocycles. The van der Waals surface area contributed by atoms with Gasteiger partial charge in [-0.3, -0.25) is 4.79 Å². The molecule has 6 heteroatoms. The van der Waals surface area contributed by atoms with Crippen LogP contribution in [0.5, 0.6) is 0 Å². The standard InChI is InChI=1S/C19H26N2O4/c1-12(2)24-18(22)11-17-15(9-10-20-19(23)25-13(3)4)14-7-5-6-8-16(14)21-17/h5-8,12-13,21H,9-11H2,1-4H3,(H,20,23). The Kier molecular flexibility index (Phi) is 6.44. The minimum atomic E-state index is -0.435. The summed E-state index contributed by atoms with van der Waals surface area (Å²) in [6, 6.07) is 7.87. The summed E-state index contributed by atoms with van der Waals surface area (Å²) in [5, 5.41) is 3.79. The maximum Gasteiger partial charge on any atom is 0.407 e. The summed E-state index contributed by atoms with van der Waals surface area (Å²) < 4.78 is 10.3. The summed E-state index contributed by atoms with van der Waals surface area (Å²) in [5.74, 6) is -0.269. The van der Waals surface area contributed by atoms with Gasteiger partial charge in [0.2, 0.25) is 0 Å². The largest absolute Gasteiger partial charge is 0.463 e. The lowest BCUT2D eigenvalue weighted by molar-refractivity contribution is -0.146. The summed E-state index contributed by atoms with van der Waals surface area (Å²) in [4.78, 5) is 26.9. The van der Waals surface area contributed by atoms with E-state index < -0.39 is 6.09 Å². The lowest BCUT2D eigenvalue weighted by Crippen LogP contribution is -2.28. The second kappa shape index (κ2) is 8.55. The van der Waals surface area contributed by atoms with Crippen molar-refractivity contribution in [2.45, 2.75) is 52.7 Å². The minimum absolute atomic E-state index is 0.146. The molecule has 0 saturated carbocycles. The monoisotopic (exact) mass is 346 g/mol. The average molecular weight is 346 g/mol. The third-order valence-electron chi connectivity index (χ3n) is 3.58. The molecule has 0 saturated heterocycles. The van der Waals surface area contributed by atoms with Crippen molar-refractivity contribution in [3.8, 4) is 0 Å². The van der Waals surface area contributed by atoms with E-state index in [0.29, 0.717) is 13.0 Å². The Morgan fingerprint density at radius 3 is 2.44 bits per heavy atom. The van der Waals surface area contributed by atoms with E-state index in [0.717, 1.165) is 22.2 Å². The molecule has 0 aliphatic rings. The molecule has 25 heavy (non-hydrogen) atoms. The van der Waals surface area contributed by atoms with Crippen LogP contribution in [0.1, 0.15) is 39.0 Å². The van der Waals surface area contributed by atoms with Gasteiger partial charge >= 0.3 is 12.1 Å². The topological polar surface area (TPSA) is 80.4 Å². The molecule has 6 nitrogen and oxygen atoms in total. The number of hydrogen-bond acceptors (Lipinski definition) is 4. The van der Waals surface area contributed by atoms with Gasteiger partial charge in [-0.05, 0) is 45.7 Å². The molecule has 2 N–H and O–H groups in total. The Balaban J connectivity index is 2.11. The van der Waals surface area contributed by atoms with Crippen molar-refractivity contribution in [3.63, 3.8) is 0 Å². The number of para-hydroxylation sites is 1. The lowest BCUT2D eigenvalue weighted by Gasteiger charge is -2.11. The second-order valence-electron chi connectivity index (χ2n) is 6.47. The first-order valence-electron chi connectivity index (χ1n) is 8.59. The number of fused-ring (bicyclic) bond motifs is 1. The molecule has 0 radical (unpaired) electrons. The van der Waals surface area contributed by atoms with Crippen LogP contribution in [0.15, 0.2) is 24.3 Å². The molecule has 1 heterocycles. The van der Waals surface area contributed by atoms with Crippen molar-refractivity contribution < 1.29 is 19.1 Å². The number of aromatic amines is 1. The third-order valence-corrected chi connectivity index (χ3v) is 3.58. The number of H-pyrrole nitrogens is 1. The summed E-state index contributed by atoms with van der Waals surface area (Å²) in [6.07, 6.45) is 0.0398. The number of esters is 1. The molecule has 1 aromatic heterocycles. The van der Waals surface area contributed by atoms with Crippen LogP contribution in [-0.4, -0.2) is 35.8 Å². The van der Waals surface area contributed by atoms with E-state index in [1.54, 1.807) is 13.8 Å². The quantitative estimate of drug-likeness (QED) is 0.754. The van der Waals surface area contributed by atoms with Crippen molar-refractivity contribution in [1.82, 2.24) is 10.3 Å². The Morgan fingerprint density at radius 1 is 1.08 bits per heavy atom. The molecule has 0 unspecified atom stereocenters. The Bertz CT molecular complexity index is 734. The number of alkyl carbamates (subject to hydrolysis) is 1. The first-order chi connectivity index (χ1) is 11.9. The van der Waals surface area contributed by atoms with Crippen LogP contribution >= 0.6 is 0 Å². The molecule has 0 aliphatic heterocycles. The molecule has 2 aromatic rings. The predicted molar refractivity (Wildman–Crippen MR) is 96.6 cm³/mol. The number of aromatic nitrogens is 1. The molecule has 0 aliphatic carbocycles. The van der Waals surface area contributed by atoms with Gasteiger partial charge in [-0.25, -0.2) is 4.79 Å².